The third-order valence-corrected chi connectivity index (χ3v) is 5.20. The lowest BCUT2D eigenvalue weighted by molar-refractivity contribution is 0.0443. The Bertz CT molecular complexity index is 1100. The maximum atomic E-state index is 13.1. The summed E-state index contributed by atoms with van der Waals surface area (Å²) in [6.45, 7) is 1.66. The number of rotatable bonds is 5. The van der Waals surface area contributed by atoms with Crippen molar-refractivity contribution in [2.24, 2.45) is 0 Å². The maximum Gasteiger partial charge on any atom is 0.350 e. The van der Waals surface area contributed by atoms with Gasteiger partial charge >= 0.3 is 5.97 Å². The van der Waals surface area contributed by atoms with Crippen molar-refractivity contribution in [3.8, 4) is 21.9 Å². The predicted octanol–water partition coefficient (Wildman–Crippen LogP) is 5.27. The molecule has 0 spiro atoms. The number of benzene rings is 2. The summed E-state index contributed by atoms with van der Waals surface area (Å²) in [5.74, 6) is 0.104. The highest BCUT2D eigenvalue weighted by molar-refractivity contribution is 7.17. The fourth-order valence-corrected chi connectivity index (χ4v) is 3.57. The molecule has 0 aliphatic rings. The smallest absolute Gasteiger partial charge is 0.350 e. The number of esters is 1. The van der Waals surface area contributed by atoms with Gasteiger partial charge in [0.15, 0.2) is 12.4 Å². The van der Waals surface area contributed by atoms with E-state index in [-0.39, 0.29) is 12.4 Å². The van der Waals surface area contributed by atoms with E-state index in [9.17, 15) is 9.18 Å². The largest absolute Gasteiger partial charge is 0.451 e. The molecule has 0 atom stereocenters. The second kappa shape index (κ2) is 7.74. The average molecular weight is 394 g/mol. The van der Waals surface area contributed by atoms with Gasteiger partial charge in [-0.1, -0.05) is 30.3 Å². The van der Waals surface area contributed by atoms with E-state index < -0.39 is 5.97 Å². The van der Waals surface area contributed by atoms with Gasteiger partial charge in [-0.25, -0.2) is 19.2 Å². The first-order valence-electron chi connectivity index (χ1n) is 8.51. The highest BCUT2D eigenvalue weighted by atomic mass is 32.1. The molecule has 0 amide bonds. The first-order valence-corrected chi connectivity index (χ1v) is 9.32. The van der Waals surface area contributed by atoms with Crippen LogP contribution in [0.4, 0.5) is 4.39 Å². The number of aromatic nitrogens is 2. The Hall–Kier alpha value is -3.32. The van der Waals surface area contributed by atoms with Crippen molar-refractivity contribution in [1.29, 1.82) is 0 Å². The molecule has 0 fully saturated rings. The zero-order chi connectivity index (χ0) is 19.5. The van der Waals surface area contributed by atoms with Gasteiger partial charge in [0, 0.05) is 11.1 Å². The summed E-state index contributed by atoms with van der Waals surface area (Å²) < 4.78 is 24.0. The molecule has 2 aromatic heterocycles. The Morgan fingerprint density at radius 3 is 2.61 bits per heavy atom. The Balaban J connectivity index is 1.44. The number of thiazole rings is 1. The number of carbonyl (C=O) groups excluding carboxylic acids is 1. The van der Waals surface area contributed by atoms with Gasteiger partial charge in [0.05, 0.1) is 11.9 Å². The molecule has 4 aromatic rings. The van der Waals surface area contributed by atoms with Crippen molar-refractivity contribution in [2.75, 3.05) is 0 Å². The highest BCUT2D eigenvalue weighted by Gasteiger charge is 2.19. The molecule has 5 nitrogen and oxygen atoms in total. The SMILES string of the molecule is Cc1nc(-c2ccc(F)cc2)sc1C(=O)OCc1ncc(-c2ccccc2)o1. The van der Waals surface area contributed by atoms with Crippen LogP contribution >= 0.6 is 11.3 Å². The number of hydrogen-bond donors (Lipinski definition) is 0. The molecular weight excluding hydrogens is 379 g/mol. The molecule has 2 heterocycles. The highest BCUT2D eigenvalue weighted by Crippen LogP contribution is 2.29. The first kappa shape index (κ1) is 18.1. The van der Waals surface area contributed by atoms with E-state index in [1.165, 1.54) is 23.5 Å². The van der Waals surface area contributed by atoms with E-state index >= 15 is 0 Å². The summed E-state index contributed by atoms with van der Waals surface area (Å²) in [4.78, 5) is 21.4. The summed E-state index contributed by atoms with van der Waals surface area (Å²) in [6, 6.07) is 15.5. The summed E-state index contributed by atoms with van der Waals surface area (Å²) in [5.41, 5.74) is 2.20. The Labute approximate surface area is 164 Å². The summed E-state index contributed by atoms with van der Waals surface area (Å²) >= 11 is 1.20. The van der Waals surface area contributed by atoms with Gasteiger partial charge in [-0.05, 0) is 31.2 Å². The molecule has 0 N–H and O–H groups in total. The van der Waals surface area contributed by atoms with Crippen molar-refractivity contribution >= 4 is 17.3 Å². The molecule has 0 aliphatic carbocycles. The number of nitrogens with zero attached hydrogens (tertiary/aromatic N) is 2. The van der Waals surface area contributed by atoms with Crippen molar-refractivity contribution in [1.82, 2.24) is 9.97 Å². The summed E-state index contributed by atoms with van der Waals surface area (Å²) in [7, 11) is 0. The minimum Gasteiger partial charge on any atom is -0.451 e. The molecular formula is C21H15FN2O3S. The van der Waals surface area contributed by atoms with Gasteiger partial charge in [-0.3, -0.25) is 0 Å². The fraction of sp³-hybridized carbons (Fsp3) is 0.0952. The number of oxazole rings is 1. The lowest BCUT2D eigenvalue weighted by Crippen LogP contribution is -2.05. The lowest BCUT2D eigenvalue weighted by atomic mass is 10.2. The predicted molar refractivity (Wildman–Crippen MR) is 103 cm³/mol. The van der Waals surface area contributed by atoms with Gasteiger partial charge in [0.1, 0.15) is 15.7 Å². The second-order valence-corrected chi connectivity index (χ2v) is 7.00. The second-order valence-electron chi connectivity index (χ2n) is 6.00. The van der Waals surface area contributed by atoms with E-state index in [1.807, 2.05) is 30.3 Å². The van der Waals surface area contributed by atoms with Crippen LogP contribution < -0.4 is 0 Å². The molecule has 0 radical (unpaired) electrons. The van der Waals surface area contributed by atoms with E-state index in [0.29, 0.717) is 27.2 Å². The summed E-state index contributed by atoms with van der Waals surface area (Å²) in [6.07, 6.45) is 1.60. The van der Waals surface area contributed by atoms with E-state index in [4.69, 9.17) is 9.15 Å². The van der Waals surface area contributed by atoms with Crippen LogP contribution in [0.2, 0.25) is 0 Å². The van der Waals surface area contributed by atoms with Gasteiger partial charge < -0.3 is 9.15 Å². The number of carbonyl (C=O) groups is 1. The minimum absolute atomic E-state index is 0.0745. The number of aryl methyl sites for hydroxylation is 1. The van der Waals surface area contributed by atoms with Gasteiger partial charge in [0.25, 0.3) is 0 Å². The topological polar surface area (TPSA) is 65.2 Å². The Kier molecular flexibility index (Phi) is 4.99. The van der Waals surface area contributed by atoms with Crippen molar-refractivity contribution in [2.45, 2.75) is 13.5 Å². The van der Waals surface area contributed by atoms with Crippen molar-refractivity contribution in [3.63, 3.8) is 0 Å². The minimum atomic E-state index is -0.497. The van der Waals surface area contributed by atoms with E-state index in [2.05, 4.69) is 9.97 Å². The Morgan fingerprint density at radius 2 is 1.86 bits per heavy atom. The van der Waals surface area contributed by atoms with Crippen molar-refractivity contribution < 1.29 is 18.3 Å². The number of ether oxygens (including phenoxy) is 1. The monoisotopic (exact) mass is 394 g/mol. The lowest BCUT2D eigenvalue weighted by Gasteiger charge is -2.00. The maximum absolute atomic E-state index is 13.1. The zero-order valence-corrected chi connectivity index (χ0v) is 15.7. The molecule has 28 heavy (non-hydrogen) atoms. The van der Waals surface area contributed by atoms with Crippen molar-refractivity contribution in [3.05, 3.63) is 83.1 Å². The molecule has 2 aromatic carbocycles. The van der Waals surface area contributed by atoms with Gasteiger partial charge in [0.2, 0.25) is 5.89 Å². The standard InChI is InChI=1S/C21H15FN2O3S/c1-13-19(28-20(24-13)15-7-9-16(22)10-8-15)21(25)26-12-18-23-11-17(27-18)14-5-3-2-4-6-14/h2-11H,12H2,1H3. The number of hydrogen-bond acceptors (Lipinski definition) is 6. The van der Waals surface area contributed by atoms with Crippen LogP contribution in [0.1, 0.15) is 21.3 Å². The first-order chi connectivity index (χ1) is 13.6. The van der Waals surface area contributed by atoms with Gasteiger partial charge in [-0.15, -0.1) is 11.3 Å². The van der Waals surface area contributed by atoms with Gasteiger partial charge in [-0.2, -0.15) is 0 Å². The average Bonchev–Trinajstić information content (AvgIpc) is 3.34. The molecule has 0 saturated heterocycles. The summed E-state index contributed by atoms with van der Waals surface area (Å²) in [5, 5.41) is 0.631. The third kappa shape index (κ3) is 3.84. The van der Waals surface area contributed by atoms with E-state index in [1.54, 1.807) is 25.3 Å². The van der Waals surface area contributed by atoms with Crippen LogP contribution in [0.5, 0.6) is 0 Å². The quantitative estimate of drug-likeness (QED) is 0.432. The van der Waals surface area contributed by atoms with Crippen LogP contribution in [-0.2, 0) is 11.3 Å². The van der Waals surface area contributed by atoms with Crippen LogP contribution in [-0.4, -0.2) is 15.9 Å². The third-order valence-electron chi connectivity index (χ3n) is 4.01. The molecule has 0 saturated carbocycles. The van der Waals surface area contributed by atoms with E-state index in [0.717, 1.165) is 11.1 Å². The van der Waals surface area contributed by atoms with Crippen LogP contribution in [0.3, 0.4) is 0 Å². The molecule has 140 valence electrons. The van der Waals surface area contributed by atoms with Crippen LogP contribution in [0.15, 0.2) is 65.2 Å². The normalized spacial score (nSPS) is 10.8. The zero-order valence-electron chi connectivity index (χ0n) is 14.9. The molecule has 0 bridgehead atoms. The van der Waals surface area contributed by atoms with Crippen LogP contribution in [0, 0.1) is 12.7 Å². The molecule has 0 aliphatic heterocycles. The Morgan fingerprint density at radius 1 is 1.11 bits per heavy atom. The van der Waals surface area contributed by atoms with Crippen LogP contribution in [0.25, 0.3) is 21.9 Å². The number of halogens is 1. The molecule has 0 unspecified atom stereocenters. The molecule has 7 heteroatoms. The fourth-order valence-electron chi connectivity index (χ4n) is 2.61. The molecule has 4 rings (SSSR count).